The SMILES string of the molecule is Cc1cc(Nc2ccc3sccc3c2)ccc1N. The molecule has 0 atom stereocenters. The predicted molar refractivity (Wildman–Crippen MR) is 80.7 cm³/mol. The minimum atomic E-state index is 0.828. The molecule has 1 heterocycles. The number of hydrogen-bond acceptors (Lipinski definition) is 3. The van der Waals surface area contributed by atoms with E-state index in [9.17, 15) is 0 Å². The molecule has 3 aromatic rings. The van der Waals surface area contributed by atoms with Gasteiger partial charge in [-0.1, -0.05) is 0 Å². The van der Waals surface area contributed by atoms with Crippen LogP contribution >= 0.6 is 11.3 Å². The molecule has 0 amide bonds. The molecule has 1 aromatic heterocycles. The number of nitrogen functional groups attached to an aromatic ring is 1. The lowest BCUT2D eigenvalue weighted by Crippen LogP contribution is -1.93. The third-order valence-electron chi connectivity index (χ3n) is 3.01. The van der Waals surface area contributed by atoms with Crippen molar-refractivity contribution in [2.75, 3.05) is 11.1 Å². The summed E-state index contributed by atoms with van der Waals surface area (Å²) in [6, 6.07) is 14.5. The third kappa shape index (κ3) is 2.05. The molecule has 0 aliphatic rings. The number of rotatable bonds is 2. The summed E-state index contributed by atoms with van der Waals surface area (Å²) >= 11 is 1.76. The molecule has 0 saturated carbocycles. The molecule has 3 rings (SSSR count). The molecule has 0 radical (unpaired) electrons. The molecule has 0 saturated heterocycles. The van der Waals surface area contributed by atoms with Gasteiger partial charge in [0.2, 0.25) is 0 Å². The van der Waals surface area contributed by atoms with E-state index in [-0.39, 0.29) is 0 Å². The van der Waals surface area contributed by atoms with Gasteiger partial charge in [0.1, 0.15) is 0 Å². The van der Waals surface area contributed by atoms with Crippen LogP contribution in [0, 0.1) is 6.92 Å². The highest BCUT2D eigenvalue weighted by molar-refractivity contribution is 7.17. The molecule has 0 fully saturated rings. The van der Waals surface area contributed by atoms with E-state index in [2.05, 4.69) is 41.0 Å². The predicted octanol–water partition coefficient (Wildman–Crippen LogP) is 4.54. The molecule has 0 aliphatic carbocycles. The van der Waals surface area contributed by atoms with Crippen LogP contribution in [0.5, 0.6) is 0 Å². The van der Waals surface area contributed by atoms with Gasteiger partial charge in [-0.15, -0.1) is 11.3 Å². The number of nitrogens with one attached hydrogen (secondary N) is 1. The fourth-order valence-electron chi connectivity index (χ4n) is 1.96. The zero-order valence-corrected chi connectivity index (χ0v) is 10.9. The van der Waals surface area contributed by atoms with Crippen LogP contribution in [0.4, 0.5) is 17.1 Å². The summed E-state index contributed by atoms with van der Waals surface area (Å²) in [5.41, 5.74) is 9.91. The average Bonchev–Trinajstić information content (AvgIpc) is 2.81. The van der Waals surface area contributed by atoms with E-state index in [1.54, 1.807) is 11.3 Å². The molecular formula is C15H14N2S. The Labute approximate surface area is 110 Å². The molecule has 3 N–H and O–H groups in total. The first kappa shape index (κ1) is 11.1. The molecule has 3 heteroatoms. The second-order valence-electron chi connectivity index (χ2n) is 4.37. The van der Waals surface area contributed by atoms with Crippen LogP contribution in [-0.2, 0) is 0 Å². The number of anilines is 3. The van der Waals surface area contributed by atoms with Crippen molar-refractivity contribution in [3.05, 3.63) is 53.4 Å². The smallest absolute Gasteiger partial charge is 0.0391 e. The van der Waals surface area contributed by atoms with Gasteiger partial charge in [0, 0.05) is 21.8 Å². The van der Waals surface area contributed by atoms with Crippen LogP contribution in [0.3, 0.4) is 0 Å². The highest BCUT2D eigenvalue weighted by Gasteiger charge is 2.00. The standard InChI is InChI=1S/C15H14N2S/c1-10-8-12(2-4-14(10)16)17-13-3-5-15-11(9-13)6-7-18-15/h2-9,17H,16H2,1H3. The second-order valence-corrected chi connectivity index (χ2v) is 5.32. The quantitative estimate of drug-likeness (QED) is 0.659. The summed E-state index contributed by atoms with van der Waals surface area (Å²) in [6.07, 6.45) is 0. The molecule has 0 unspecified atom stereocenters. The first-order valence-electron chi connectivity index (χ1n) is 5.83. The van der Waals surface area contributed by atoms with Crippen LogP contribution in [0.15, 0.2) is 47.8 Å². The molecule has 2 aromatic carbocycles. The maximum absolute atomic E-state index is 5.82. The summed E-state index contributed by atoms with van der Waals surface area (Å²) in [6.45, 7) is 2.02. The van der Waals surface area contributed by atoms with Gasteiger partial charge in [-0.05, 0) is 65.7 Å². The van der Waals surface area contributed by atoms with Crippen molar-refractivity contribution in [1.82, 2.24) is 0 Å². The lowest BCUT2D eigenvalue weighted by atomic mass is 10.1. The van der Waals surface area contributed by atoms with Gasteiger partial charge in [0.25, 0.3) is 0 Å². The van der Waals surface area contributed by atoms with E-state index in [1.165, 1.54) is 10.1 Å². The summed E-state index contributed by atoms with van der Waals surface area (Å²) in [5.74, 6) is 0. The summed E-state index contributed by atoms with van der Waals surface area (Å²) in [4.78, 5) is 0. The maximum Gasteiger partial charge on any atom is 0.0391 e. The average molecular weight is 254 g/mol. The zero-order valence-electron chi connectivity index (χ0n) is 10.1. The highest BCUT2D eigenvalue weighted by Crippen LogP contribution is 2.26. The van der Waals surface area contributed by atoms with E-state index < -0.39 is 0 Å². The summed E-state index contributed by atoms with van der Waals surface area (Å²) in [7, 11) is 0. The van der Waals surface area contributed by atoms with Crippen molar-refractivity contribution in [3.63, 3.8) is 0 Å². The third-order valence-corrected chi connectivity index (χ3v) is 3.91. The van der Waals surface area contributed by atoms with Crippen molar-refractivity contribution < 1.29 is 0 Å². The zero-order chi connectivity index (χ0) is 12.5. The van der Waals surface area contributed by atoms with Crippen LogP contribution < -0.4 is 11.1 Å². The van der Waals surface area contributed by atoms with Crippen molar-refractivity contribution in [2.24, 2.45) is 0 Å². The number of thiophene rings is 1. The minimum absolute atomic E-state index is 0.828. The van der Waals surface area contributed by atoms with Crippen LogP contribution in [0.2, 0.25) is 0 Å². The lowest BCUT2D eigenvalue weighted by molar-refractivity contribution is 1.45. The van der Waals surface area contributed by atoms with Crippen LogP contribution in [-0.4, -0.2) is 0 Å². The van der Waals surface area contributed by atoms with E-state index in [1.807, 2.05) is 19.1 Å². The van der Waals surface area contributed by atoms with E-state index in [4.69, 9.17) is 5.73 Å². The van der Waals surface area contributed by atoms with Gasteiger partial charge < -0.3 is 11.1 Å². The van der Waals surface area contributed by atoms with Gasteiger partial charge in [0.05, 0.1) is 0 Å². The topological polar surface area (TPSA) is 38.0 Å². The number of nitrogens with two attached hydrogens (primary N) is 1. The molecule has 18 heavy (non-hydrogen) atoms. The van der Waals surface area contributed by atoms with Crippen molar-refractivity contribution in [3.8, 4) is 0 Å². The van der Waals surface area contributed by atoms with Crippen LogP contribution in [0.1, 0.15) is 5.56 Å². The largest absolute Gasteiger partial charge is 0.399 e. The minimum Gasteiger partial charge on any atom is -0.399 e. The van der Waals surface area contributed by atoms with E-state index >= 15 is 0 Å². The van der Waals surface area contributed by atoms with E-state index in [0.29, 0.717) is 0 Å². The number of hydrogen-bond donors (Lipinski definition) is 2. The second kappa shape index (κ2) is 4.35. The van der Waals surface area contributed by atoms with Crippen LogP contribution in [0.25, 0.3) is 10.1 Å². The Morgan fingerprint density at radius 1 is 1.00 bits per heavy atom. The Morgan fingerprint density at radius 3 is 2.61 bits per heavy atom. The molecular weight excluding hydrogens is 240 g/mol. The van der Waals surface area contributed by atoms with Gasteiger partial charge in [-0.2, -0.15) is 0 Å². The maximum atomic E-state index is 5.82. The molecule has 0 bridgehead atoms. The Bertz CT molecular complexity index is 701. The van der Waals surface area contributed by atoms with Gasteiger partial charge in [-0.3, -0.25) is 0 Å². The first-order chi connectivity index (χ1) is 8.72. The fourth-order valence-corrected chi connectivity index (χ4v) is 2.74. The van der Waals surface area contributed by atoms with E-state index in [0.717, 1.165) is 22.6 Å². The molecule has 2 nitrogen and oxygen atoms in total. The first-order valence-corrected chi connectivity index (χ1v) is 6.71. The number of fused-ring (bicyclic) bond motifs is 1. The normalized spacial score (nSPS) is 10.7. The fraction of sp³-hybridized carbons (Fsp3) is 0.0667. The van der Waals surface area contributed by atoms with Crippen molar-refractivity contribution in [2.45, 2.75) is 6.92 Å². The van der Waals surface area contributed by atoms with Gasteiger partial charge in [-0.25, -0.2) is 0 Å². The summed E-state index contributed by atoms with van der Waals surface area (Å²) in [5, 5.41) is 6.79. The summed E-state index contributed by atoms with van der Waals surface area (Å²) < 4.78 is 1.31. The molecule has 0 aliphatic heterocycles. The van der Waals surface area contributed by atoms with Crippen molar-refractivity contribution >= 4 is 38.5 Å². The van der Waals surface area contributed by atoms with Gasteiger partial charge >= 0.3 is 0 Å². The monoisotopic (exact) mass is 254 g/mol. The van der Waals surface area contributed by atoms with Crippen molar-refractivity contribution in [1.29, 1.82) is 0 Å². The molecule has 90 valence electrons. The van der Waals surface area contributed by atoms with Gasteiger partial charge in [0.15, 0.2) is 0 Å². The number of aryl methyl sites for hydroxylation is 1. The Hall–Kier alpha value is -2.00. The highest BCUT2D eigenvalue weighted by atomic mass is 32.1. The lowest BCUT2D eigenvalue weighted by Gasteiger charge is -2.08. The Balaban J connectivity index is 1.92. The molecule has 0 spiro atoms. The number of benzene rings is 2. The Kier molecular flexibility index (Phi) is 2.68. The Morgan fingerprint density at radius 2 is 1.78 bits per heavy atom.